The minimum absolute atomic E-state index is 0.660. The highest BCUT2D eigenvalue weighted by Gasteiger charge is 2.21. The lowest BCUT2D eigenvalue weighted by Crippen LogP contribution is -1.96. The van der Waals surface area contributed by atoms with Gasteiger partial charge in [-0.05, 0) is 52.6 Å². The summed E-state index contributed by atoms with van der Waals surface area (Å²) in [6, 6.07) is 69.0. The van der Waals surface area contributed by atoms with Crippen molar-refractivity contribution in [3.8, 4) is 67.4 Å². The molecule has 0 fully saturated rings. The van der Waals surface area contributed by atoms with Crippen molar-refractivity contribution in [3.63, 3.8) is 0 Å². The van der Waals surface area contributed by atoms with E-state index in [2.05, 4.69) is 133 Å². The molecule has 5 heteroatoms. The van der Waals surface area contributed by atoms with Gasteiger partial charge in [0.05, 0.1) is 16.9 Å². The summed E-state index contributed by atoms with van der Waals surface area (Å²) < 4.78 is 12.9. The number of aromatic nitrogens is 3. The van der Waals surface area contributed by atoms with Gasteiger partial charge in [-0.3, -0.25) is 0 Å². The van der Waals surface area contributed by atoms with E-state index in [9.17, 15) is 0 Å². The van der Waals surface area contributed by atoms with Gasteiger partial charge in [-0.2, -0.15) is 0 Å². The summed E-state index contributed by atoms with van der Waals surface area (Å²) in [4.78, 5) is 15.5. The molecule has 0 aliphatic heterocycles. The number of rotatable bonds is 6. The van der Waals surface area contributed by atoms with Crippen molar-refractivity contribution in [3.05, 3.63) is 200 Å². The molecule has 0 radical (unpaired) electrons. The molecular weight excluding hydrogens is 735 g/mol. The maximum atomic E-state index is 6.73. The topological polar surface area (TPSA) is 65.0 Å². The maximum Gasteiger partial charge on any atom is 0.162 e. The first kappa shape index (κ1) is 33.9. The van der Waals surface area contributed by atoms with E-state index in [1.807, 2.05) is 66.7 Å². The van der Waals surface area contributed by atoms with Crippen molar-refractivity contribution < 1.29 is 8.83 Å². The predicted molar refractivity (Wildman–Crippen MR) is 245 cm³/mol. The van der Waals surface area contributed by atoms with Crippen molar-refractivity contribution in [1.29, 1.82) is 0 Å². The molecule has 0 bridgehead atoms. The van der Waals surface area contributed by atoms with E-state index in [0.717, 1.165) is 116 Å². The molecule has 5 nitrogen and oxygen atoms in total. The van der Waals surface area contributed by atoms with Gasteiger partial charge in [0.15, 0.2) is 11.4 Å². The number of para-hydroxylation sites is 2. The van der Waals surface area contributed by atoms with Gasteiger partial charge in [-0.15, -0.1) is 0 Å². The Labute approximate surface area is 344 Å². The summed E-state index contributed by atoms with van der Waals surface area (Å²) >= 11 is 0. The molecule has 280 valence electrons. The number of hydrogen-bond donors (Lipinski definition) is 0. The summed E-state index contributed by atoms with van der Waals surface area (Å²) in [7, 11) is 0. The fourth-order valence-corrected chi connectivity index (χ4v) is 8.68. The standard InChI is InChI=1S/C55H33N3O2/c1-3-13-36(14-4-1)45-33-46(37-15-5-2-6-16-37)58-55(57-45)39-31-29-38(30-32-39)53-54-52(43-18-8-10-23-48(43)60-54)51-41(19-11-21-44(51)56-53)35-27-25-34(26-28-35)40-20-12-24-49-50(40)42-17-7-9-22-47(42)59-49/h1-33H. The van der Waals surface area contributed by atoms with E-state index < -0.39 is 0 Å². The van der Waals surface area contributed by atoms with Crippen molar-refractivity contribution in [2.24, 2.45) is 0 Å². The summed E-state index contributed by atoms with van der Waals surface area (Å²) in [5.74, 6) is 0.660. The Kier molecular flexibility index (Phi) is 7.78. The van der Waals surface area contributed by atoms with Gasteiger partial charge in [0.25, 0.3) is 0 Å². The Balaban J connectivity index is 0.976. The largest absolute Gasteiger partial charge is 0.456 e. The van der Waals surface area contributed by atoms with Crippen molar-refractivity contribution in [2.45, 2.75) is 0 Å². The lowest BCUT2D eigenvalue weighted by atomic mass is 9.93. The summed E-state index contributed by atoms with van der Waals surface area (Å²) in [6.45, 7) is 0. The fraction of sp³-hybridized carbons (Fsp3) is 0. The van der Waals surface area contributed by atoms with Gasteiger partial charge in [-0.25, -0.2) is 15.0 Å². The van der Waals surface area contributed by atoms with Gasteiger partial charge < -0.3 is 8.83 Å². The third-order valence-corrected chi connectivity index (χ3v) is 11.5. The molecular formula is C55H33N3O2. The van der Waals surface area contributed by atoms with Crippen molar-refractivity contribution >= 4 is 54.8 Å². The van der Waals surface area contributed by atoms with Crippen LogP contribution in [0.15, 0.2) is 209 Å². The molecule has 0 aliphatic carbocycles. The molecule has 4 aromatic heterocycles. The molecule has 0 saturated carbocycles. The highest BCUT2D eigenvalue weighted by Crippen LogP contribution is 2.44. The van der Waals surface area contributed by atoms with Gasteiger partial charge in [-0.1, -0.05) is 170 Å². The number of benzene rings is 8. The summed E-state index contributed by atoms with van der Waals surface area (Å²) in [6.07, 6.45) is 0. The van der Waals surface area contributed by atoms with Crippen LogP contribution in [0.5, 0.6) is 0 Å². The van der Waals surface area contributed by atoms with Crippen LogP contribution in [-0.2, 0) is 0 Å². The molecule has 0 atom stereocenters. The average Bonchev–Trinajstić information content (AvgIpc) is 3.91. The monoisotopic (exact) mass is 767 g/mol. The highest BCUT2D eigenvalue weighted by molar-refractivity contribution is 6.24. The minimum Gasteiger partial charge on any atom is -0.456 e. The first-order valence-electron chi connectivity index (χ1n) is 20.1. The number of fused-ring (bicyclic) bond motifs is 8. The van der Waals surface area contributed by atoms with Crippen LogP contribution in [0.25, 0.3) is 122 Å². The first-order valence-corrected chi connectivity index (χ1v) is 20.1. The van der Waals surface area contributed by atoms with Crippen LogP contribution in [0.3, 0.4) is 0 Å². The molecule has 12 rings (SSSR count). The van der Waals surface area contributed by atoms with Crippen LogP contribution in [0.4, 0.5) is 0 Å². The van der Waals surface area contributed by atoms with Crippen LogP contribution in [0, 0.1) is 0 Å². The molecule has 4 heterocycles. The Morgan fingerprint density at radius 1 is 0.317 bits per heavy atom. The molecule has 0 saturated heterocycles. The van der Waals surface area contributed by atoms with E-state index in [4.69, 9.17) is 23.8 Å². The van der Waals surface area contributed by atoms with Crippen LogP contribution in [-0.4, -0.2) is 15.0 Å². The average molecular weight is 768 g/mol. The van der Waals surface area contributed by atoms with E-state index >= 15 is 0 Å². The highest BCUT2D eigenvalue weighted by atomic mass is 16.3. The number of hydrogen-bond acceptors (Lipinski definition) is 5. The second-order valence-corrected chi connectivity index (χ2v) is 15.1. The van der Waals surface area contributed by atoms with Gasteiger partial charge in [0.2, 0.25) is 0 Å². The summed E-state index contributed by atoms with van der Waals surface area (Å²) in [5.41, 5.74) is 15.2. The normalized spacial score (nSPS) is 11.7. The molecule has 0 aliphatic rings. The first-order chi connectivity index (χ1) is 29.7. The third kappa shape index (κ3) is 5.59. The van der Waals surface area contributed by atoms with Crippen LogP contribution in [0.2, 0.25) is 0 Å². The van der Waals surface area contributed by atoms with Gasteiger partial charge >= 0.3 is 0 Å². The Morgan fingerprint density at radius 3 is 1.47 bits per heavy atom. The van der Waals surface area contributed by atoms with E-state index in [0.29, 0.717) is 5.82 Å². The lowest BCUT2D eigenvalue weighted by molar-refractivity contribution is 0.668. The molecule has 0 N–H and O–H groups in total. The SMILES string of the molecule is c1ccc(-c2cc(-c3ccccc3)nc(-c3ccc(-c4nc5cccc(-c6ccc(-c7cccc8oc9ccccc9c78)cc6)c5c5c4oc4ccccc45)cc3)n2)cc1. The third-order valence-electron chi connectivity index (χ3n) is 11.5. The van der Waals surface area contributed by atoms with E-state index in [1.165, 1.54) is 0 Å². The van der Waals surface area contributed by atoms with Gasteiger partial charge in [0.1, 0.15) is 22.4 Å². The smallest absolute Gasteiger partial charge is 0.162 e. The Bertz CT molecular complexity index is 3510. The number of nitrogens with zero attached hydrogens (tertiary/aromatic N) is 3. The lowest BCUT2D eigenvalue weighted by Gasteiger charge is -2.12. The molecule has 12 aromatic rings. The second kappa shape index (κ2) is 13.8. The quantitative estimate of drug-likeness (QED) is 0.169. The molecule has 0 spiro atoms. The number of pyridine rings is 1. The number of furan rings is 2. The van der Waals surface area contributed by atoms with Crippen molar-refractivity contribution in [1.82, 2.24) is 15.0 Å². The van der Waals surface area contributed by atoms with Gasteiger partial charge in [0, 0.05) is 49.2 Å². The molecule has 60 heavy (non-hydrogen) atoms. The maximum absolute atomic E-state index is 6.73. The Morgan fingerprint density at radius 2 is 0.817 bits per heavy atom. The zero-order chi connectivity index (χ0) is 39.6. The molecule has 0 unspecified atom stereocenters. The van der Waals surface area contributed by atoms with E-state index in [1.54, 1.807) is 0 Å². The second-order valence-electron chi connectivity index (χ2n) is 15.1. The van der Waals surface area contributed by atoms with Crippen molar-refractivity contribution in [2.75, 3.05) is 0 Å². The predicted octanol–water partition coefficient (Wildman–Crippen LogP) is 14.8. The molecule has 8 aromatic carbocycles. The minimum atomic E-state index is 0.660. The van der Waals surface area contributed by atoms with Crippen LogP contribution in [0.1, 0.15) is 0 Å². The zero-order valence-electron chi connectivity index (χ0n) is 32.2. The van der Waals surface area contributed by atoms with Crippen LogP contribution >= 0.6 is 0 Å². The summed E-state index contributed by atoms with van der Waals surface area (Å²) in [5, 5.41) is 5.42. The van der Waals surface area contributed by atoms with Crippen LogP contribution < -0.4 is 0 Å². The fourth-order valence-electron chi connectivity index (χ4n) is 8.68. The van der Waals surface area contributed by atoms with E-state index in [-0.39, 0.29) is 0 Å². The zero-order valence-corrected chi connectivity index (χ0v) is 32.2. The Hall–Kier alpha value is -8.15. The molecule has 0 amide bonds.